The minimum absolute atomic E-state index is 0. The third-order valence-electron chi connectivity index (χ3n) is 4.30. The summed E-state index contributed by atoms with van der Waals surface area (Å²) >= 11 is 0. The summed E-state index contributed by atoms with van der Waals surface area (Å²) in [5, 5.41) is 11.5. The molecule has 3 nitrogen and oxygen atoms in total. The first-order valence-corrected chi connectivity index (χ1v) is 7.77. The van der Waals surface area contributed by atoms with E-state index in [0.717, 1.165) is 30.2 Å². The number of halogens is 1. The molecule has 122 valence electrons. The van der Waals surface area contributed by atoms with E-state index in [1.165, 1.54) is 0 Å². The lowest BCUT2D eigenvalue weighted by Crippen LogP contribution is -2.49. The molecule has 0 fully saturated rings. The molecular formula is C18H27ClN2O. The molecule has 1 aromatic carbocycles. The van der Waals surface area contributed by atoms with Gasteiger partial charge < -0.3 is 10.0 Å². The molecule has 0 aromatic heterocycles. The van der Waals surface area contributed by atoms with Crippen molar-refractivity contribution in [3.63, 3.8) is 0 Å². The second kappa shape index (κ2) is 5.24. The Bertz CT molecular complexity index is 603. The molecule has 3 rings (SSSR count). The summed E-state index contributed by atoms with van der Waals surface area (Å²) in [4.78, 5) is 7.02. The van der Waals surface area contributed by atoms with Gasteiger partial charge in [-0.05, 0) is 17.9 Å². The fourth-order valence-electron chi connectivity index (χ4n) is 3.60. The van der Waals surface area contributed by atoms with E-state index in [1.807, 2.05) is 12.1 Å². The van der Waals surface area contributed by atoms with Crippen LogP contribution in [-0.4, -0.2) is 24.0 Å². The lowest BCUT2D eigenvalue weighted by atomic mass is 9.78. The first-order chi connectivity index (χ1) is 9.62. The van der Waals surface area contributed by atoms with Crippen LogP contribution < -0.4 is 4.90 Å². The number of hydrogen-bond acceptors (Lipinski definition) is 3. The van der Waals surface area contributed by atoms with Gasteiger partial charge in [0.15, 0.2) is 0 Å². The number of hydrogen-bond donors (Lipinski definition) is 1. The zero-order valence-corrected chi connectivity index (χ0v) is 15.0. The molecule has 0 saturated heterocycles. The van der Waals surface area contributed by atoms with Crippen LogP contribution in [0.15, 0.2) is 29.3 Å². The molecule has 1 aromatic rings. The van der Waals surface area contributed by atoms with Crippen LogP contribution in [0.2, 0.25) is 0 Å². The van der Waals surface area contributed by atoms with E-state index in [2.05, 4.69) is 51.7 Å². The first-order valence-electron chi connectivity index (χ1n) is 7.77. The average Bonchev–Trinajstić information content (AvgIpc) is 2.56. The van der Waals surface area contributed by atoms with Gasteiger partial charge in [-0.2, -0.15) is 0 Å². The molecule has 0 amide bonds. The van der Waals surface area contributed by atoms with Gasteiger partial charge >= 0.3 is 0 Å². The van der Waals surface area contributed by atoms with E-state index < -0.39 is 5.60 Å². The summed E-state index contributed by atoms with van der Waals surface area (Å²) < 4.78 is 0. The Morgan fingerprint density at radius 3 is 2.50 bits per heavy atom. The van der Waals surface area contributed by atoms with Crippen molar-refractivity contribution in [2.45, 2.75) is 46.6 Å². The van der Waals surface area contributed by atoms with Crippen molar-refractivity contribution < 1.29 is 5.11 Å². The molecule has 2 aliphatic rings. The summed E-state index contributed by atoms with van der Waals surface area (Å²) in [6, 6.07) is 8.21. The Morgan fingerprint density at radius 2 is 1.86 bits per heavy atom. The fourth-order valence-corrected chi connectivity index (χ4v) is 3.60. The molecule has 2 aliphatic heterocycles. The van der Waals surface area contributed by atoms with Crippen LogP contribution in [0.5, 0.6) is 0 Å². The number of rotatable bonds is 1. The minimum atomic E-state index is -0.953. The van der Waals surface area contributed by atoms with Gasteiger partial charge in [-0.3, -0.25) is 4.99 Å². The predicted molar refractivity (Wildman–Crippen MR) is 95.1 cm³/mol. The summed E-state index contributed by atoms with van der Waals surface area (Å²) in [5.74, 6) is 0.845. The number of aliphatic imine (C=N–C) groups is 1. The Labute approximate surface area is 139 Å². The van der Waals surface area contributed by atoms with Crippen LogP contribution in [0.4, 0.5) is 5.69 Å². The van der Waals surface area contributed by atoms with Crippen molar-refractivity contribution in [3.05, 3.63) is 29.8 Å². The standard InChI is InChI=1S/C18H26N2O.ClH/c1-16(2,3)10-18(21)13-8-6-7-9-14(13)20-12-17(4,5)11-19-15(18)20;/h6-9,21H,10-12H2,1-5H3;1H. The van der Waals surface area contributed by atoms with Gasteiger partial charge in [0.25, 0.3) is 0 Å². The Hall–Kier alpha value is -1.06. The van der Waals surface area contributed by atoms with Crippen molar-refractivity contribution in [1.29, 1.82) is 0 Å². The van der Waals surface area contributed by atoms with Crippen LogP contribution in [0, 0.1) is 10.8 Å². The average molecular weight is 323 g/mol. The van der Waals surface area contributed by atoms with Gasteiger partial charge in [-0.15, -0.1) is 12.4 Å². The Balaban J connectivity index is 0.00000176. The molecule has 1 unspecified atom stereocenters. The van der Waals surface area contributed by atoms with E-state index in [4.69, 9.17) is 4.99 Å². The van der Waals surface area contributed by atoms with Crippen molar-refractivity contribution in [1.82, 2.24) is 0 Å². The minimum Gasteiger partial charge on any atom is -0.377 e. The van der Waals surface area contributed by atoms with E-state index in [0.29, 0.717) is 6.42 Å². The highest BCUT2D eigenvalue weighted by molar-refractivity contribution is 6.10. The summed E-state index contributed by atoms with van der Waals surface area (Å²) in [6.45, 7) is 12.7. The lowest BCUT2D eigenvalue weighted by Gasteiger charge is -2.39. The van der Waals surface area contributed by atoms with Gasteiger partial charge in [0.1, 0.15) is 11.4 Å². The van der Waals surface area contributed by atoms with E-state index in [-0.39, 0.29) is 23.2 Å². The summed E-state index contributed by atoms with van der Waals surface area (Å²) in [5.41, 5.74) is 1.36. The number of amidine groups is 1. The maximum Gasteiger partial charge on any atom is 0.149 e. The number of fused-ring (bicyclic) bond motifs is 3. The third-order valence-corrected chi connectivity index (χ3v) is 4.30. The van der Waals surface area contributed by atoms with Crippen molar-refractivity contribution in [2.24, 2.45) is 15.8 Å². The number of nitrogens with zero attached hydrogens (tertiary/aromatic N) is 2. The van der Waals surface area contributed by atoms with Gasteiger partial charge in [0.2, 0.25) is 0 Å². The van der Waals surface area contributed by atoms with E-state index in [9.17, 15) is 5.11 Å². The summed E-state index contributed by atoms with van der Waals surface area (Å²) in [6.07, 6.45) is 0.687. The van der Waals surface area contributed by atoms with E-state index >= 15 is 0 Å². The largest absolute Gasteiger partial charge is 0.377 e. The van der Waals surface area contributed by atoms with E-state index in [1.54, 1.807) is 0 Å². The zero-order valence-electron chi connectivity index (χ0n) is 14.2. The summed E-state index contributed by atoms with van der Waals surface area (Å²) in [7, 11) is 0. The van der Waals surface area contributed by atoms with Gasteiger partial charge in [0.05, 0.1) is 0 Å². The lowest BCUT2D eigenvalue weighted by molar-refractivity contribution is 0.0649. The quantitative estimate of drug-likeness (QED) is 0.848. The van der Waals surface area contributed by atoms with Crippen LogP contribution >= 0.6 is 12.4 Å². The molecule has 2 heterocycles. The molecule has 22 heavy (non-hydrogen) atoms. The normalized spacial score (nSPS) is 25.9. The molecule has 0 spiro atoms. The molecular weight excluding hydrogens is 296 g/mol. The highest BCUT2D eigenvalue weighted by Crippen LogP contribution is 2.48. The number of anilines is 1. The molecule has 4 heteroatoms. The maximum absolute atomic E-state index is 11.5. The van der Waals surface area contributed by atoms with Crippen LogP contribution in [0.3, 0.4) is 0 Å². The molecule has 1 N–H and O–H groups in total. The van der Waals surface area contributed by atoms with Crippen molar-refractivity contribution in [3.8, 4) is 0 Å². The predicted octanol–water partition coefficient (Wildman–Crippen LogP) is 3.99. The SMILES string of the molecule is CC(C)(C)CC1(O)C2=NCC(C)(C)CN2c2ccccc21.Cl. The van der Waals surface area contributed by atoms with Crippen LogP contribution in [-0.2, 0) is 5.60 Å². The first kappa shape index (κ1) is 17.3. The molecule has 0 saturated carbocycles. The second-order valence-corrected chi connectivity index (χ2v) is 8.51. The third kappa shape index (κ3) is 2.77. The zero-order chi connectivity index (χ0) is 15.5. The molecule has 0 bridgehead atoms. The fraction of sp³-hybridized carbons (Fsp3) is 0.611. The highest BCUT2D eigenvalue weighted by Gasteiger charge is 2.51. The Kier molecular flexibility index (Phi) is 4.12. The number of para-hydroxylation sites is 1. The number of aliphatic hydroxyl groups is 1. The van der Waals surface area contributed by atoms with Gasteiger partial charge in [-0.25, -0.2) is 0 Å². The topological polar surface area (TPSA) is 35.8 Å². The monoisotopic (exact) mass is 322 g/mol. The van der Waals surface area contributed by atoms with Crippen LogP contribution in [0.25, 0.3) is 0 Å². The molecule has 0 radical (unpaired) electrons. The smallest absolute Gasteiger partial charge is 0.149 e. The highest BCUT2D eigenvalue weighted by atomic mass is 35.5. The van der Waals surface area contributed by atoms with Gasteiger partial charge in [-0.1, -0.05) is 52.8 Å². The Morgan fingerprint density at radius 1 is 1.23 bits per heavy atom. The van der Waals surface area contributed by atoms with Crippen molar-refractivity contribution >= 4 is 23.9 Å². The maximum atomic E-state index is 11.5. The second-order valence-electron chi connectivity index (χ2n) is 8.51. The van der Waals surface area contributed by atoms with Gasteiger partial charge in [0, 0.05) is 29.8 Å². The van der Waals surface area contributed by atoms with Crippen molar-refractivity contribution in [2.75, 3.05) is 18.0 Å². The molecule has 0 aliphatic carbocycles. The molecule has 1 atom stereocenters. The van der Waals surface area contributed by atoms with Crippen LogP contribution in [0.1, 0.15) is 46.6 Å². The number of benzene rings is 1.